The highest BCUT2D eigenvalue weighted by Crippen LogP contribution is 2.24. The maximum atomic E-state index is 13.7. The van der Waals surface area contributed by atoms with Crippen molar-refractivity contribution in [3.63, 3.8) is 0 Å². The van der Waals surface area contributed by atoms with Gasteiger partial charge in [-0.2, -0.15) is 0 Å². The summed E-state index contributed by atoms with van der Waals surface area (Å²) >= 11 is 3.22. The van der Waals surface area contributed by atoms with Crippen molar-refractivity contribution in [2.24, 2.45) is 0 Å². The van der Waals surface area contributed by atoms with Crippen LogP contribution in [0.3, 0.4) is 0 Å². The molecule has 2 aromatic rings. The van der Waals surface area contributed by atoms with Gasteiger partial charge in [0.05, 0.1) is 6.10 Å². The Morgan fingerprint density at radius 3 is 2.61 bits per heavy atom. The van der Waals surface area contributed by atoms with Crippen LogP contribution in [0.25, 0.3) is 0 Å². The molecule has 0 heterocycles. The number of hydrogen-bond donors (Lipinski definition) is 1. The van der Waals surface area contributed by atoms with E-state index in [1.807, 2.05) is 31.2 Å². The summed E-state index contributed by atoms with van der Waals surface area (Å²) < 4.78 is 14.4. The lowest BCUT2D eigenvalue weighted by Crippen LogP contribution is -2.05. The van der Waals surface area contributed by atoms with E-state index in [0.29, 0.717) is 10.0 Å². The van der Waals surface area contributed by atoms with Gasteiger partial charge in [-0.1, -0.05) is 46.3 Å². The Bertz CT molecular complexity index is 554. The van der Waals surface area contributed by atoms with Gasteiger partial charge in [0.1, 0.15) is 5.82 Å². The Labute approximate surface area is 114 Å². The lowest BCUT2D eigenvalue weighted by molar-refractivity contribution is 0.176. The molecule has 0 aromatic heterocycles. The van der Waals surface area contributed by atoms with E-state index in [1.165, 1.54) is 6.07 Å². The second kappa shape index (κ2) is 5.63. The molecule has 1 atom stereocenters. The summed E-state index contributed by atoms with van der Waals surface area (Å²) in [5.74, 6) is -0.294. The van der Waals surface area contributed by atoms with Crippen molar-refractivity contribution >= 4 is 15.9 Å². The summed E-state index contributed by atoms with van der Waals surface area (Å²) in [5, 5.41) is 10.2. The second-order valence-electron chi connectivity index (χ2n) is 4.31. The van der Waals surface area contributed by atoms with Crippen LogP contribution in [0.2, 0.25) is 0 Å². The minimum absolute atomic E-state index is 0.282. The normalized spacial score (nSPS) is 12.4. The molecule has 0 fully saturated rings. The van der Waals surface area contributed by atoms with E-state index in [1.54, 1.807) is 12.1 Å². The van der Waals surface area contributed by atoms with Gasteiger partial charge >= 0.3 is 0 Å². The molecule has 2 rings (SSSR count). The average Bonchev–Trinajstić information content (AvgIpc) is 2.33. The monoisotopic (exact) mass is 308 g/mol. The lowest BCUT2D eigenvalue weighted by Gasteiger charge is -2.14. The zero-order valence-corrected chi connectivity index (χ0v) is 11.6. The molecular weight excluding hydrogens is 295 g/mol. The Balaban J connectivity index is 2.21. The van der Waals surface area contributed by atoms with E-state index in [2.05, 4.69) is 15.9 Å². The van der Waals surface area contributed by atoms with Gasteiger partial charge in [0.15, 0.2) is 0 Å². The van der Waals surface area contributed by atoms with Crippen molar-refractivity contribution < 1.29 is 9.50 Å². The van der Waals surface area contributed by atoms with Gasteiger partial charge in [-0.3, -0.25) is 0 Å². The molecule has 0 amide bonds. The van der Waals surface area contributed by atoms with Crippen LogP contribution in [0.15, 0.2) is 46.9 Å². The molecule has 0 bridgehead atoms. The largest absolute Gasteiger partial charge is 0.388 e. The van der Waals surface area contributed by atoms with E-state index in [-0.39, 0.29) is 12.2 Å². The fraction of sp³-hybridized carbons (Fsp3) is 0.200. The van der Waals surface area contributed by atoms with Crippen LogP contribution in [0, 0.1) is 12.7 Å². The molecule has 1 N–H and O–H groups in total. The molecule has 3 heteroatoms. The predicted molar refractivity (Wildman–Crippen MR) is 73.9 cm³/mol. The summed E-state index contributed by atoms with van der Waals surface area (Å²) in [6.45, 7) is 1.94. The molecule has 2 aromatic carbocycles. The Morgan fingerprint density at radius 1 is 1.22 bits per heavy atom. The second-order valence-corrected chi connectivity index (χ2v) is 5.23. The SMILES string of the molecule is Cc1ccccc1C(O)Cc1ccc(Br)cc1F. The maximum Gasteiger partial charge on any atom is 0.127 e. The molecule has 0 saturated heterocycles. The van der Waals surface area contributed by atoms with Crippen LogP contribution in [-0.4, -0.2) is 5.11 Å². The molecule has 0 aliphatic carbocycles. The summed E-state index contributed by atoms with van der Waals surface area (Å²) in [6, 6.07) is 12.5. The third kappa shape index (κ3) is 2.98. The number of aliphatic hydroxyl groups excluding tert-OH is 1. The highest BCUT2D eigenvalue weighted by Gasteiger charge is 2.13. The van der Waals surface area contributed by atoms with E-state index >= 15 is 0 Å². The molecular formula is C15H14BrFO. The van der Waals surface area contributed by atoms with Gasteiger partial charge in [0, 0.05) is 10.9 Å². The molecule has 0 spiro atoms. The Morgan fingerprint density at radius 2 is 1.94 bits per heavy atom. The first-order chi connectivity index (χ1) is 8.58. The van der Waals surface area contributed by atoms with Crippen molar-refractivity contribution in [2.75, 3.05) is 0 Å². The van der Waals surface area contributed by atoms with E-state index < -0.39 is 6.10 Å². The first-order valence-electron chi connectivity index (χ1n) is 5.75. The van der Waals surface area contributed by atoms with E-state index in [0.717, 1.165) is 11.1 Å². The fourth-order valence-electron chi connectivity index (χ4n) is 1.97. The summed E-state index contributed by atoms with van der Waals surface area (Å²) in [4.78, 5) is 0. The van der Waals surface area contributed by atoms with Crippen molar-refractivity contribution in [1.82, 2.24) is 0 Å². The number of aryl methyl sites for hydroxylation is 1. The van der Waals surface area contributed by atoms with E-state index in [4.69, 9.17) is 0 Å². The van der Waals surface area contributed by atoms with Crippen LogP contribution in [-0.2, 0) is 6.42 Å². The smallest absolute Gasteiger partial charge is 0.127 e. The van der Waals surface area contributed by atoms with Gasteiger partial charge in [-0.15, -0.1) is 0 Å². The van der Waals surface area contributed by atoms with Gasteiger partial charge in [0.25, 0.3) is 0 Å². The molecule has 0 aliphatic heterocycles. The number of aliphatic hydroxyl groups is 1. The molecule has 1 unspecified atom stereocenters. The third-order valence-corrected chi connectivity index (χ3v) is 3.47. The van der Waals surface area contributed by atoms with Crippen molar-refractivity contribution in [2.45, 2.75) is 19.4 Å². The molecule has 94 valence electrons. The summed E-state index contributed by atoms with van der Waals surface area (Å²) in [7, 11) is 0. The first kappa shape index (κ1) is 13.2. The minimum atomic E-state index is -0.679. The van der Waals surface area contributed by atoms with Gasteiger partial charge in [-0.25, -0.2) is 4.39 Å². The van der Waals surface area contributed by atoms with Crippen molar-refractivity contribution in [3.05, 3.63) is 69.4 Å². The summed E-state index contributed by atoms with van der Waals surface area (Å²) in [6.07, 6.45) is -0.397. The molecule has 0 aliphatic rings. The quantitative estimate of drug-likeness (QED) is 0.902. The Kier molecular flexibility index (Phi) is 4.15. The zero-order valence-electron chi connectivity index (χ0n) is 10.0. The number of benzene rings is 2. The maximum absolute atomic E-state index is 13.7. The molecule has 0 radical (unpaired) electrons. The highest BCUT2D eigenvalue weighted by atomic mass is 79.9. The van der Waals surface area contributed by atoms with Crippen LogP contribution in [0.5, 0.6) is 0 Å². The zero-order chi connectivity index (χ0) is 13.1. The van der Waals surface area contributed by atoms with Crippen LogP contribution < -0.4 is 0 Å². The number of rotatable bonds is 3. The summed E-state index contributed by atoms with van der Waals surface area (Å²) in [5.41, 5.74) is 2.39. The topological polar surface area (TPSA) is 20.2 Å². The number of halogens is 2. The highest BCUT2D eigenvalue weighted by molar-refractivity contribution is 9.10. The molecule has 1 nitrogen and oxygen atoms in total. The van der Waals surface area contributed by atoms with Gasteiger partial charge < -0.3 is 5.11 Å². The average molecular weight is 309 g/mol. The van der Waals surface area contributed by atoms with Crippen LogP contribution >= 0.6 is 15.9 Å². The third-order valence-electron chi connectivity index (χ3n) is 2.98. The predicted octanol–water partition coefficient (Wildman–Crippen LogP) is 4.17. The molecule has 18 heavy (non-hydrogen) atoms. The van der Waals surface area contributed by atoms with E-state index in [9.17, 15) is 9.50 Å². The standard InChI is InChI=1S/C15H14BrFO/c1-10-4-2-3-5-13(10)15(18)8-11-6-7-12(16)9-14(11)17/h2-7,9,15,18H,8H2,1H3. The fourth-order valence-corrected chi connectivity index (χ4v) is 2.30. The first-order valence-corrected chi connectivity index (χ1v) is 6.55. The number of hydrogen-bond acceptors (Lipinski definition) is 1. The Hall–Kier alpha value is -1.19. The van der Waals surface area contributed by atoms with Gasteiger partial charge in [0.2, 0.25) is 0 Å². The van der Waals surface area contributed by atoms with Crippen LogP contribution in [0.4, 0.5) is 4.39 Å². The molecule has 0 saturated carbocycles. The van der Waals surface area contributed by atoms with Gasteiger partial charge in [-0.05, 0) is 35.7 Å². The van der Waals surface area contributed by atoms with Crippen molar-refractivity contribution in [1.29, 1.82) is 0 Å². The lowest BCUT2D eigenvalue weighted by atomic mass is 9.97. The van der Waals surface area contributed by atoms with Crippen LogP contribution in [0.1, 0.15) is 22.8 Å². The minimum Gasteiger partial charge on any atom is -0.388 e. The van der Waals surface area contributed by atoms with Crippen molar-refractivity contribution in [3.8, 4) is 0 Å².